The minimum Gasteiger partial charge on any atom is -0.370 e. The maximum atomic E-state index is 12.5. The summed E-state index contributed by atoms with van der Waals surface area (Å²) < 4.78 is 5.61. The van der Waals surface area contributed by atoms with Gasteiger partial charge in [0.25, 0.3) is 11.6 Å². The van der Waals surface area contributed by atoms with E-state index >= 15 is 0 Å². The van der Waals surface area contributed by atoms with Crippen LogP contribution in [0.25, 0.3) is 0 Å². The third-order valence-corrected chi connectivity index (χ3v) is 3.77. The molecule has 1 amide bonds. The lowest BCUT2D eigenvalue weighted by molar-refractivity contribution is -0.385. The van der Waals surface area contributed by atoms with E-state index in [1.54, 1.807) is 17.9 Å². The molecule has 1 aliphatic rings. The van der Waals surface area contributed by atoms with E-state index in [1.807, 2.05) is 6.92 Å². The standard InChI is InChI=1S/C14H17ClN2O4/c1-9-5-11(3-4-13(9)17(19)20)14(18)16-7-10(2)21-12(6-15)8-16/h3-5,10,12H,6-8H2,1-2H3. The minimum atomic E-state index is -0.454. The Morgan fingerprint density at radius 2 is 2.24 bits per heavy atom. The molecule has 21 heavy (non-hydrogen) atoms. The average molecular weight is 313 g/mol. The van der Waals surface area contributed by atoms with Crippen LogP contribution in [0.15, 0.2) is 18.2 Å². The Morgan fingerprint density at radius 1 is 1.52 bits per heavy atom. The van der Waals surface area contributed by atoms with Crippen LogP contribution in [0.1, 0.15) is 22.8 Å². The zero-order valence-corrected chi connectivity index (χ0v) is 12.7. The molecule has 1 fully saturated rings. The molecule has 2 rings (SSSR count). The number of halogens is 1. The number of carbonyl (C=O) groups is 1. The van der Waals surface area contributed by atoms with Gasteiger partial charge in [0.15, 0.2) is 0 Å². The first-order chi connectivity index (χ1) is 9.92. The van der Waals surface area contributed by atoms with Gasteiger partial charge in [-0.05, 0) is 26.0 Å². The summed E-state index contributed by atoms with van der Waals surface area (Å²) >= 11 is 5.80. The summed E-state index contributed by atoms with van der Waals surface area (Å²) in [5.74, 6) is 0.172. The molecule has 2 atom stereocenters. The zero-order chi connectivity index (χ0) is 15.6. The Labute approximate surface area is 127 Å². The number of nitrogens with zero attached hydrogens (tertiary/aromatic N) is 2. The van der Waals surface area contributed by atoms with E-state index in [0.717, 1.165) is 0 Å². The van der Waals surface area contributed by atoms with Crippen molar-refractivity contribution in [2.45, 2.75) is 26.1 Å². The molecular weight excluding hydrogens is 296 g/mol. The van der Waals surface area contributed by atoms with Gasteiger partial charge in [-0.1, -0.05) is 0 Å². The van der Waals surface area contributed by atoms with E-state index in [1.165, 1.54) is 12.1 Å². The quantitative estimate of drug-likeness (QED) is 0.488. The molecule has 114 valence electrons. The largest absolute Gasteiger partial charge is 0.370 e. The highest BCUT2D eigenvalue weighted by molar-refractivity contribution is 6.18. The average Bonchev–Trinajstić information content (AvgIpc) is 2.45. The number of aryl methyl sites for hydroxylation is 1. The number of hydrogen-bond acceptors (Lipinski definition) is 4. The summed E-state index contributed by atoms with van der Waals surface area (Å²) in [4.78, 5) is 24.5. The molecule has 0 N–H and O–H groups in total. The fourth-order valence-electron chi connectivity index (χ4n) is 2.47. The number of morpholine rings is 1. The highest BCUT2D eigenvalue weighted by atomic mass is 35.5. The van der Waals surface area contributed by atoms with Gasteiger partial charge in [-0.3, -0.25) is 14.9 Å². The van der Waals surface area contributed by atoms with Gasteiger partial charge in [-0.2, -0.15) is 0 Å². The van der Waals surface area contributed by atoms with Crippen LogP contribution < -0.4 is 0 Å². The number of hydrogen-bond donors (Lipinski definition) is 0. The molecule has 0 radical (unpaired) electrons. The second-order valence-electron chi connectivity index (χ2n) is 5.19. The summed E-state index contributed by atoms with van der Waals surface area (Å²) in [6.45, 7) is 4.43. The highest BCUT2D eigenvalue weighted by Crippen LogP contribution is 2.21. The first-order valence-corrected chi connectivity index (χ1v) is 7.21. The summed E-state index contributed by atoms with van der Waals surface area (Å²) in [7, 11) is 0. The van der Waals surface area contributed by atoms with Crippen LogP contribution in [-0.2, 0) is 4.74 Å². The molecule has 1 saturated heterocycles. The SMILES string of the molecule is Cc1cc(C(=O)N2CC(C)OC(CCl)C2)ccc1[N+](=O)[O-]. The summed E-state index contributed by atoms with van der Waals surface area (Å²) in [6.07, 6.45) is -0.260. The van der Waals surface area contributed by atoms with Crippen LogP contribution in [-0.4, -0.2) is 46.9 Å². The van der Waals surface area contributed by atoms with Crippen molar-refractivity contribution >= 4 is 23.2 Å². The summed E-state index contributed by atoms with van der Waals surface area (Å²) in [6, 6.07) is 4.41. The maximum Gasteiger partial charge on any atom is 0.272 e. The fourth-order valence-corrected chi connectivity index (χ4v) is 2.64. The van der Waals surface area contributed by atoms with Crippen molar-refractivity contribution in [3.63, 3.8) is 0 Å². The van der Waals surface area contributed by atoms with Gasteiger partial charge in [0, 0.05) is 30.3 Å². The molecule has 1 heterocycles. The maximum absolute atomic E-state index is 12.5. The number of alkyl halides is 1. The molecule has 0 saturated carbocycles. The molecule has 7 heteroatoms. The third-order valence-electron chi connectivity index (χ3n) is 3.43. The Kier molecular flexibility index (Phi) is 4.80. The van der Waals surface area contributed by atoms with Crippen LogP contribution in [0.5, 0.6) is 0 Å². The van der Waals surface area contributed by atoms with Gasteiger partial charge in [0.05, 0.1) is 23.0 Å². The highest BCUT2D eigenvalue weighted by Gasteiger charge is 2.29. The van der Waals surface area contributed by atoms with Crippen LogP contribution >= 0.6 is 11.6 Å². The van der Waals surface area contributed by atoms with Crippen LogP contribution in [0.4, 0.5) is 5.69 Å². The predicted octanol–water partition coefficient (Wildman–Crippen LogP) is 2.37. The zero-order valence-electron chi connectivity index (χ0n) is 11.9. The third kappa shape index (κ3) is 3.51. The Bertz CT molecular complexity index is 564. The number of amides is 1. The van der Waals surface area contributed by atoms with E-state index in [-0.39, 0.29) is 23.8 Å². The number of carbonyl (C=O) groups excluding carboxylic acids is 1. The van der Waals surface area contributed by atoms with Crippen LogP contribution in [0, 0.1) is 17.0 Å². The molecule has 6 nitrogen and oxygen atoms in total. The molecule has 0 bridgehead atoms. The second kappa shape index (κ2) is 6.41. The molecular formula is C14H17ClN2O4. The number of ether oxygens (including phenoxy) is 1. The van der Waals surface area contributed by atoms with Crippen molar-refractivity contribution in [1.29, 1.82) is 0 Å². The molecule has 1 aromatic carbocycles. The van der Waals surface area contributed by atoms with E-state index < -0.39 is 4.92 Å². The molecule has 1 aliphatic heterocycles. The number of nitro groups is 1. The summed E-state index contributed by atoms with van der Waals surface area (Å²) in [5, 5.41) is 10.8. The lowest BCUT2D eigenvalue weighted by Crippen LogP contribution is -2.49. The fraction of sp³-hybridized carbons (Fsp3) is 0.500. The Balaban J connectivity index is 2.19. The van der Waals surface area contributed by atoms with Crippen molar-refractivity contribution in [2.24, 2.45) is 0 Å². The van der Waals surface area contributed by atoms with E-state index in [2.05, 4.69) is 0 Å². The number of nitro benzene ring substituents is 1. The Hall–Kier alpha value is -1.66. The lowest BCUT2D eigenvalue weighted by atomic mass is 10.1. The van der Waals surface area contributed by atoms with Gasteiger partial charge >= 0.3 is 0 Å². The monoisotopic (exact) mass is 312 g/mol. The van der Waals surface area contributed by atoms with Gasteiger partial charge in [-0.25, -0.2) is 0 Å². The first-order valence-electron chi connectivity index (χ1n) is 6.68. The summed E-state index contributed by atoms with van der Waals surface area (Å²) in [5.41, 5.74) is 0.933. The first kappa shape index (κ1) is 15.7. The van der Waals surface area contributed by atoms with Crippen molar-refractivity contribution in [3.05, 3.63) is 39.4 Å². The molecule has 1 aromatic rings. The van der Waals surface area contributed by atoms with Crippen molar-refractivity contribution in [2.75, 3.05) is 19.0 Å². The topological polar surface area (TPSA) is 72.7 Å². The number of rotatable bonds is 3. The molecule has 0 aliphatic carbocycles. The molecule has 0 spiro atoms. The van der Waals surface area contributed by atoms with Gasteiger partial charge < -0.3 is 9.64 Å². The van der Waals surface area contributed by atoms with Gasteiger partial charge in [0.1, 0.15) is 0 Å². The van der Waals surface area contributed by atoms with Crippen LogP contribution in [0.2, 0.25) is 0 Å². The Morgan fingerprint density at radius 3 is 2.81 bits per heavy atom. The van der Waals surface area contributed by atoms with E-state index in [0.29, 0.717) is 30.1 Å². The van der Waals surface area contributed by atoms with E-state index in [4.69, 9.17) is 16.3 Å². The normalized spacial score (nSPS) is 22.1. The van der Waals surface area contributed by atoms with Gasteiger partial charge in [0.2, 0.25) is 0 Å². The van der Waals surface area contributed by atoms with Crippen molar-refractivity contribution in [1.82, 2.24) is 4.90 Å². The van der Waals surface area contributed by atoms with Crippen molar-refractivity contribution < 1.29 is 14.5 Å². The smallest absolute Gasteiger partial charge is 0.272 e. The molecule has 0 aromatic heterocycles. The number of benzene rings is 1. The predicted molar refractivity (Wildman–Crippen MR) is 78.8 cm³/mol. The lowest BCUT2D eigenvalue weighted by Gasteiger charge is -2.36. The second-order valence-corrected chi connectivity index (χ2v) is 5.50. The van der Waals surface area contributed by atoms with Gasteiger partial charge in [-0.15, -0.1) is 11.6 Å². The minimum absolute atomic E-state index is 0.0144. The van der Waals surface area contributed by atoms with Crippen LogP contribution in [0.3, 0.4) is 0 Å². The molecule has 2 unspecified atom stereocenters. The van der Waals surface area contributed by atoms with E-state index in [9.17, 15) is 14.9 Å². The van der Waals surface area contributed by atoms with Crippen molar-refractivity contribution in [3.8, 4) is 0 Å².